The SMILES string of the molecule is CCc1ccc(OC(C)(C)CNC)c(OC)c1. The molecule has 0 aliphatic heterocycles. The first-order valence-corrected chi connectivity index (χ1v) is 6.03. The van der Waals surface area contributed by atoms with Crippen LogP contribution in [0.3, 0.4) is 0 Å². The molecule has 0 aliphatic rings. The first kappa shape index (κ1) is 13.8. The highest BCUT2D eigenvalue weighted by Gasteiger charge is 2.20. The van der Waals surface area contributed by atoms with E-state index in [4.69, 9.17) is 9.47 Å². The lowest BCUT2D eigenvalue weighted by atomic mass is 10.1. The van der Waals surface area contributed by atoms with Crippen LogP contribution < -0.4 is 14.8 Å². The summed E-state index contributed by atoms with van der Waals surface area (Å²) in [4.78, 5) is 0. The maximum absolute atomic E-state index is 5.98. The monoisotopic (exact) mass is 237 g/mol. The quantitative estimate of drug-likeness (QED) is 0.825. The molecule has 1 aromatic rings. The lowest BCUT2D eigenvalue weighted by molar-refractivity contribution is 0.106. The van der Waals surface area contributed by atoms with Crippen LogP contribution in [0.4, 0.5) is 0 Å². The molecule has 1 N–H and O–H groups in total. The first-order chi connectivity index (χ1) is 8.02. The van der Waals surface area contributed by atoms with Crippen LogP contribution in [-0.2, 0) is 6.42 Å². The summed E-state index contributed by atoms with van der Waals surface area (Å²) in [6, 6.07) is 6.09. The van der Waals surface area contributed by atoms with Crippen molar-refractivity contribution in [1.29, 1.82) is 0 Å². The van der Waals surface area contributed by atoms with Gasteiger partial charge in [0.05, 0.1) is 7.11 Å². The molecule has 3 nitrogen and oxygen atoms in total. The van der Waals surface area contributed by atoms with Gasteiger partial charge in [0.1, 0.15) is 5.60 Å². The van der Waals surface area contributed by atoms with E-state index >= 15 is 0 Å². The van der Waals surface area contributed by atoms with Crippen molar-refractivity contribution in [2.75, 3.05) is 20.7 Å². The Balaban J connectivity index is 2.90. The minimum atomic E-state index is -0.254. The number of hydrogen-bond donors (Lipinski definition) is 1. The molecule has 3 heteroatoms. The Hall–Kier alpha value is -1.22. The van der Waals surface area contributed by atoms with Crippen LogP contribution in [0.15, 0.2) is 18.2 Å². The summed E-state index contributed by atoms with van der Waals surface area (Å²) in [6.45, 7) is 7.01. The van der Waals surface area contributed by atoms with Gasteiger partial charge in [0.15, 0.2) is 11.5 Å². The van der Waals surface area contributed by atoms with Crippen LogP contribution in [0.1, 0.15) is 26.3 Å². The van der Waals surface area contributed by atoms with E-state index in [1.807, 2.05) is 19.2 Å². The van der Waals surface area contributed by atoms with Crippen LogP contribution in [0.2, 0.25) is 0 Å². The fourth-order valence-corrected chi connectivity index (χ4v) is 1.78. The summed E-state index contributed by atoms with van der Waals surface area (Å²) in [7, 11) is 3.59. The van der Waals surface area contributed by atoms with Gasteiger partial charge in [-0.1, -0.05) is 13.0 Å². The number of nitrogens with one attached hydrogen (secondary N) is 1. The molecular formula is C14H23NO2. The Morgan fingerprint density at radius 2 is 1.94 bits per heavy atom. The van der Waals surface area contributed by atoms with Crippen LogP contribution in [-0.4, -0.2) is 26.3 Å². The van der Waals surface area contributed by atoms with Crippen molar-refractivity contribution in [1.82, 2.24) is 5.32 Å². The molecule has 96 valence electrons. The van der Waals surface area contributed by atoms with Crippen molar-refractivity contribution in [2.45, 2.75) is 32.8 Å². The smallest absolute Gasteiger partial charge is 0.162 e. The number of aryl methyl sites for hydroxylation is 1. The van der Waals surface area contributed by atoms with E-state index in [2.05, 4.69) is 32.2 Å². The van der Waals surface area contributed by atoms with Gasteiger partial charge in [0.25, 0.3) is 0 Å². The molecular weight excluding hydrogens is 214 g/mol. The maximum atomic E-state index is 5.98. The normalized spacial score (nSPS) is 11.4. The summed E-state index contributed by atoms with van der Waals surface area (Å²) in [5.41, 5.74) is 0.996. The zero-order valence-electron chi connectivity index (χ0n) is 11.5. The molecule has 0 atom stereocenters. The molecule has 0 heterocycles. The van der Waals surface area contributed by atoms with Gasteiger partial charge in [0.2, 0.25) is 0 Å². The molecule has 17 heavy (non-hydrogen) atoms. The lowest BCUT2D eigenvalue weighted by Gasteiger charge is -2.27. The molecule has 0 unspecified atom stereocenters. The van der Waals surface area contributed by atoms with Crippen molar-refractivity contribution < 1.29 is 9.47 Å². The van der Waals surface area contributed by atoms with Crippen LogP contribution >= 0.6 is 0 Å². The van der Waals surface area contributed by atoms with Crippen molar-refractivity contribution in [3.8, 4) is 11.5 Å². The molecule has 1 aromatic carbocycles. The Bertz CT molecular complexity index is 361. The van der Waals surface area contributed by atoms with E-state index in [1.54, 1.807) is 7.11 Å². The van der Waals surface area contributed by atoms with E-state index < -0.39 is 0 Å². The van der Waals surface area contributed by atoms with Gasteiger partial charge < -0.3 is 14.8 Å². The van der Waals surface area contributed by atoms with Crippen molar-refractivity contribution in [2.24, 2.45) is 0 Å². The molecule has 0 bridgehead atoms. The third kappa shape index (κ3) is 3.93. The summed E-state index contributed by atoms with van der Waals surface area (Å²) >= 11 is 0. The average molecular weight is 237 g/mol. The van der Waals surface area contributed by atoms with Crippen molar-refractivity contribution in [3.05, 3.63) is 23.8 Å². The van der Waals surface area contributed by atoms with Gasteiger partial charge in [-0.15, -0.1) is 0 Å². The molecule has 0 saturated carbocycles. The molecule has 0 fully saturated rings. The largest absolute Gasteiger partial charge is 0.493 e. The van der Waals surface area contributed by atoms with E-state index in [1.165, 1.54) is 5.56 Å². The summed E-state index contributed by atoms with van der Waals surface area (Å²) in [5, 5.41) is 3.12. The van der Waals surface area contributed by atoms with Crippen LogP contribution in [0.5, 0.6) is 11.5 Å². The number of ether oxygens (including phenoxy) is 2. The number of likely N-dealkylation sites (N-methyl/N-ethyl adjacent to an activating group) is 1. The van der Waals surface area contributed by atoms with Crippen molar-refractivity contribution in [3.63, 3.8) is 0 Å². The summed E-state index contributed by atoms with van der Waals surface area (Å²) < 4.78 is 11.3. The Kier molecular flexibility index (Phi) is 4.82. The highest BCUT2D eigenvalue weighted by atomic mass is 16.5. The Labute approximate surface area is 104 Å². The van der Waals surface area contributed by atoms with Gasteiger partial charge in [0, 0.05) is 6.54 Å². The molecule has 0 aromatic heterocycles. The molecule has 0 aliphatic carbocycles. The lowest BCUT2D eigenvalue weighted by Crippen LogP contribution is -2.38. The molecule has 0 saturated heterocycles. The Morgan fingerprint density at radius 3 is 2.47 bits per heavy atom. The minimum Gasteiger partial charge on any atom is -0.493 e. The van der Waals surface area contributed by atoms with E-state index in [0.29, 0.717) is 0 Å². The fraction of sp³-hybridized carbons (Fsp3) is 0.571. The summed E-state index contributed by atoms with van der Waals surface area (Å²) in [5.74, 6) is 1.60. The zero-order chi connectivity index (χ0) is 12.9. The predicted molar refractivity (Wildman–Crippen MR) is 71.0 cm³/mol. The second-order valence-corrected chi connectivity index (χ2v) is 4.73. The van der Waals surface area contributed by atoms with Gasteiger partial charge in [-0.2, -0.15) is 0 Å². The second-order valence-electron chi connectivity index (χ2n) is 4.73. The highest BCUT2D eigenvalue weighted by Crippen LogP contribution is 2.31. The zero-order valence-corrected chi connectivity index (χ0v) is 11.5. The van der Waals surface area contributed by atoms with Gasteiger partial charge in [-0.05, 0) is 45.0 Å². The molecule has 0 spiro atoms. The fourth-order valence-electron chi connectivity index (χ4n) is 1.78. The number of rotatable bonds is 6. The first-order valence-electron chi connectivity index (χ1n) is 6.03. The maximum Gasteiger partial charge on any atom is 0.162 e. The summed E-state index contributed by atoms with van der Waals surface area (Å²) in [6.07, 6.45) is 0.997. The highest BCUT2D eigenvalue weighted by molar-refractivity contribution is 5.43. The average Bonchev–Trinajstić information content (AvgIpc) is 2.29. The van der Waals surface area contributed by atoms with Crippen LogP contribution in [0.25, 0.3) is 0 Å². The topological polar surface area (TPSA) is 30.5 Å². The molecule has 0 amide bonds. The number of methoxy groups -OCH3 is 1. The van der Waals surface area contributed by atoms with E-state index in [-0.39, 0.29) is 5.60 Å². The van der Waals surface area contributed by atoms with E-state index in [9.17, 15) is 0 Å². The number of benzene rings is 1. The minimum absolute atomic E-state index is 0.254. The third-order valence-corrected chi connectivity index (χ3v) is 2.63. The van der Waals surface area contributed by atoms with Gasteiger partial charge in [-0.3, -0.25) is 0 Å². The standard InChI is InChI=1S/C14H23NO2/c1-6-11-7-8-12(13(9-11)16-5)17-14(2,3)10-15-4/h7-9,15H,6,10H2,1-5H3. The second kappa shape index (κ2) is 5.92. The van der Waals surface area contributed by atoms with E-state index in [0.717, 1.165) is 24.5 Å². The number of hydrogen-bond acceptors (Lipinski definition) is 3. The van der Waals surface area contributed by atoms with Gasteiger partial charge in [-0.25, -0.2) is 0 Å². The predicted octanol–water partition coefficient (Wildman–Crippen LogP) is 2.63. The van der Waals surface area contributed by atoms with Crippen molar-refractivity contribution >= 4 is 0 Å². The third-order valence-electron chi connectivity index (χ3n) is 2.63. The van der Waals surface area contributed by atoms with Crippen LogP contribution in [0, 0.1) is 0 Å². The molecule has 1 rings (SSSR count). The Morgan fingerprint density at radius 1 is 1.24 bits per heavy atom. The molecule has 0 radical (unpaired) electrons. The van der Waals surface area contributed by atoms with Gasteiger partial charge >= 0.3 is 0 Å².